The average Bonchev–Trinajstić information content (AvgIpc) is 3.47. The van der Waals surface area contributed by atoms with Crippen LogP contribution in [0.4, 0.5) is 8.78 Å². The van der Waals surface area contributed by atoms with E-state index in [0.29, 0.717) is 19.8 Å². The van der Waals surface area contributed by atoms with E-state index in [4.69, 9.17) is 28.2 Å². The van der Waals surface area contributed by atoms with Crippen LogP contribution in [0, 0.1) is 17.3 Å². The minimum Gasteiger partial charge on any atom is -0.458 e. The molecule has 16 heteroatoms. The molecule has 3 heterocycles. The molecule has 0 radical (unpaired) electrons. The van der Waals surface area contributed by atoms with Gasteiger partial charge in [-0.15, -0.1) is 0 Å². The van der Waals surface area contributed by atoms with Gasteiger partial charge in [0.25, 0.3) is 0 Å². The highest BCUT2D eigenvalue weighted by molar-refractivity contribution is 7.86. The highest BCUT2D eigenvalue weighted by atomic mass is 32.2. The summed E-state index contributed by atoms with van der Waals surface area (Å²) in [5, 5.41) is -4.76. The van der Waals surface area contributed by atoms with Crippen LogP contribution in [0.5, 0.6) is 0 Å². The summed E-state index contributed by atoms with van der Waals surface area (Å²) in [6.45, 7) is 4.62. The Balaban J connectivity index is 1.35. The van der Waals surface area contributed by atoms with Crippen LogP contribution in [0.15, 0.2) is 0 Å². The van der Waals surface area contributed by atoms with Crippen LogP contribution in [0.3, 0.4) is 0 Å². The molecule has 1 N–H and O–H groups in total. The lowest BCUT2D eigenvalue weighted by Gasteiger charge is -2.47. The largest absolute Gasteiger partial charge is 0.458 e. The molecule has 7 unspecified atom stereocenters. The van der Waals surface area contributed by atoms with Gasteiger partial charge in [-0.25, -0.2) is 9.59 Å². The number of esters is 4. The van der Waals surface area contributed by atoms with Gasteiger partial charge < -0.3 is 28.4 Å². The summed E-state index contributed by atoms with van der Waals surface area (Å²) < 4.78 is 88.9. The van der Waals surface area contributed by atoms with Crippen molar-refractivity contribution < 1.29 is 69.4 Å². The molecule has 3 saturated heterocycles. The molecule has 1 aliphatic carbocycles. The van der Waals surface area contributed by atoms with E-state index in [2.05, 4.69) is 4.74 Å². The number of halogens is 2. The van der Waals surface area contributed by atoms with Gasteiger partial charge >= 0.3 is 39.2 Å². The SMILES string of the molecule is CC(OC(=O)COCC(=O)OC1C2OC(=O)C3C2OC1C3C(=O)OC1(C(C)(C)C)CCCCC1)C(F)(F)S(=O)(=O)O. The fourth-order valence-electron chi connectivity index (χ4n) is 6.04. The fraction of sp³-hybridized carbons (Fsp3) is 0.840. The van der Waals surface area contributed by atoms with Crippen LogP contribution in [0.1, 0.15) is 59.8 Å². The molecule has 41 heavy (non-hydrogen) atoms. The van der Waals surface area contributed by atoms with Gasteiger partial charge in [0.05, 0.1) is 0 Å². The van der Waals surface area contributed by atoms with E-state index in [9.17, 15) is 36.4 Å². The van der Waals surface area contributed by atoms with Crippen molar-refractivity contribution in [1.82, 2.24) is 0 Å². The van der Waals surface area contributed by atoms with Crippen LogP contribution in [-0.2, 0) is 57.7 Å². The zero-order chi connectivity index (χ0) is 30.5. The molecule has 7 atom stereocenters. The van der Waals surface area contributed by atoms with Gasteiger partial charge in [-0.3, -0.25) is 14.1 Å². The molecule has 232 valence electrons. The molecule has 4 fully saturated rings. The van der Waals surface area contributed by atoms with Crippen LogP contribution >= 0.6 is 0 Å². The van der Waals surface area contributed by atoms with Crippen LogP contribution < -0.4 is 0 Å². The Bertz CT molecular complexity index is 1170. The quantitative estimate of drug-likeness (QED) is 0.214. The normalized spacial score (nSPS) is 31.3. The fourth-order valence-corrected chi connectivity index (χ4v) is 6.51. The smallest absolute Gasteiger partial charge is 0.405 e. The van der Waals surface area contributed by atoms with Crippen molar-refractivity contribution in [3.63, 3.8) is 0 Å². The van der Waals surface area contributed by atoms with Gasteiger partial charge in [0.1, 0.15) is 42.9 Å². The first-order valence-corrected chi connectivity index (χ1v) is 14.7. The maximum atomic E-state index is 13.6. The van der Waals surface area contributed by atoms with Gasteiger partial charge in [-0.1, -0.05) is 27.2 Å². The lowest BCUT2D eigenvalue weighted by atomic mass is 9.68. The molecule has 13 nitrogen and oxygen atoms in total. The summed E-state index contributed by atoms with van der Waals surface area (Å²) in [4.78, 5) is 50.4. The number of hydrogen-bond acceptors (Lipinski definition) is 12. The van der Waals surface area contributed by atoms with E-state index in [1.165, 1.54) is 0 Å². The summed E-state index contributed by atoms with van der Waals surface area (Å²) in [6, 6.07) is 0. The Morgan fingerprint density at radius 2 is 1.66 bits per heavy atom. The monoisotopic (exact) mass is 612 g/mol. The average molecular weight is 613 g/mol. The molecule has 0 spiro atoms. The van der Waals surface area contributed by atoms with Crippen LogP contribution in [-0.4, -0.2) is 91.4 Å². The summed E-state index contributed by atoms with van der Waals surface area (Å²) in [5.74, 6) is -5.74. The molecule has 1 saturated carbocycles. The first-order chi connectivity index (χ1) is 18.9. The van der Waals surface area contributed by atoms with E-state index < -0.39 is 100 Å². The van der Waals surface area contributed by atoms with E-state index in [1.54, 1.807) is 0 Å². The highest BCUT2D eigenvalue weighted by Crippen LogP contribution is 2.53. The minimum absolute atomic E-state index is 0.370. The number of fused-ring (bicyclic) bond motifs is 1. The number of carbonyl (C=O) groups excluding carboxylic acids is 4. The predicted octanol–water partition coefficient (Wildman–Crippen LogP) is 1.56. The molecule has 4 rings (SSSR count). The zero-order valence-electron chi connectivity index (χ0n) is 23.0. The van der Waals surface area contributed by atoms with Crippen LogP contribution in [0.2, 0.25) is 0 Å². The third kappa shape index (κ3) is 5.79. The van der Waals surface area contributed by atoms with Crippen molar-refractivity contribution in [1.29, 1.82) is 0 Å². The number of alkyl halides is 2. The minimum atomic E-state index is -5.84. The van der Waals surface area contributed by atoms with Crippen molar-refractivity contribution in [2.75, 3.05) is 13.2 Å². The van der Waals surface area contributed by atoms with Crippen molar-refractivity contribution >= 4 is 34.0 Å². The van der Waals surface area contributed by atoms with Crippen molar-refractivity contribution in [2.45, 2.75) is 101 Å². The standard InChI is InChI=1S/C25H34F2O13S/c1-12(25(26,27)41(32,33)34)36-13(28)10-35-11-14(29)37-19-18-16(15-17(38-18)20(19)39-21(15)30)22(31)40-24(23(2,3)4)8-6-5-7-9-24/h12,15-20H,5-11H2,1-4H3,(H,32,33,34). The maximum absolute atomic E-state index is 13.6. The van der Waals surface area contributed by atoms with Gasteiger partial charge in [0.15, 0.2) is 18.3 Å². The van der Waals surface area contributed by atoms with Crippen molar-refractivity contribution in [3.05, 3.63) is 0 Å². The number of carbonyl (C=O) groups is 4. The highest BCUT2D eigenvalue weighted by Gasteiger charge is 2.72. The number of hydrogen-bond donors (Lipinski definition) is 1. The first-order valence-electron chi connectivity index (χ1n) is 13.3. The molecule has 4 aliphatic rings. The maximum Gasteiger partial charge on any atom is 0.405 e. The first kappa shape index (κ1) is 31.5. The second-order valence-electron chi connectivity index (χ2n) is 11.9. The Kier molecular flexibility index (Phi) is 8.46. The molecular weight excluding hydrogens is 578 g/mol. The van der Waals surface area contributed by atoms with Gasteiger partial charge in [-0.2, -0.15) is 17.2 Å². The molecule has 0 aromatic rings. The Labute approximate surface area is 235 Å². The molecule has 0 amide bonds. The van der Waals surface area contributed by atoms with Crippen molar-refractivity contribution in [2.24, 2.45) is 17.3 Å². The lowest BCUT2D eigenvalue weighted by Crippen LogP contribution is -2.53. The summed E-state index contributed by atoms with van der Waals surface area (Å²) >= 11 is 0. The number of rotatable bonds is 10. The van der Waals surface area contributed by atoms with E-state index in [-0.39, 0.29) is 5.41 Å². The molecule has 0 aromatic carbocycles. The zero-order valence-corrected chi connectivity index (χ0v) is 23.8. The van der Waals surface area contributed by atoms with E-state index in [0.717, 1.165) is 19.3 Å². The third-order valence-electron chi connectivity index (χ3n) is 8.33. The van der Waals surface area contributed by atoms with Crippen molar-refractivity contribution in [3.8, 4) is 0 Å². The predicted molar refractivity (Wildman–Crippen MR) is 130 cm³/mol. The van der Waals surface area contributed by atoms with E-state index in [1.807, 2.05) is 20.8 Å². The summed E-state index contributed by atoms with van der Waals surface area (Å²) in [7, 11) is -5.84. The third-order valence-corrected chi connectivity index (χ3v) is 9.35. The Morgan fingerprint density at radius 3 is 2.24 bits per heavy atom. The second kappa shape index (κ2) is 11.0. The van der Waals surface area contributed by atoms with Gasteiger partial charge in [0.2, 0.25) is 0 Å². The topological polar surface area (TPSA) is 178 Å². The molecule has 2 bridgehead atoms. The molecular formula is C25H34F2O13S. The van der Waals surface area contributed by atoms with Gasteiger partial charge in [0, 0.05) is 5.41 Å². The second-order valence-corrected chi connectivity index (χ2v) is 13.4. The molecule has 3 aliphatic heterocycles. The van der Waals surface area contributed by atoms with E-state index >= 15 is 0 Å². The summed E-state index contributed by atoms with van der Waals surface area (Å²) in [6.07, 6.45) is -2.34. The number of ether oxygens (including phenoxy) is 6. The lowest BCUT2D eigenvalue weighted by molar-refractivity contribution is -0.190. The van der Waals surface area contributed by atoms with Crippen LogP contribution in [0.25, 0.3) is 0 Å². The Morgan fingerprint density at radius 1 is 1.05 bits per heavy atom. The Hall–Kier alpha value is -2.43. The van der Waals surface area contributed by atoms with Gasteiger partial charge in [-0.05, 0) is 32.6 Å². The summed E-state index contributed by atoms with van der Waals surface area (Å²) in [5.41, 5.74) is -1.10. The molecule has 0 aromatic heterocycles.